The Morgan fingerprint density at radius 2 is 2.04 bits per heavy atom. The maximum atomic E-state index is 13.0. The van der Waals surface area contributed by atoms with Gasteiger partial charge in [-0.1, -0.05) is 5.21 Å². The van der Waals surface area contributed by atoms with E-state index in [0.29, 0.717) is 19.8 Å². The lowest BCUT2D eigenvalue weighted by molar-refractivity contribution is -0.143. The fourth-order valence-corrected chi connectivity index (χ4v) is 3.71. The Labute approximate surface area is 142 Å². The van der Waals surface area contributed by atoms with E-state index in [-0.39, 0.29) is 17.9 Å². The lowest BCUT2D eigenvalue weighted by Crippen LogP contribution is -2.46. The molecule has 2 aliphatic heterocycles. The lowest BCUT2D eigenvalue weighted by Gasteiger charge is -2.37. The molecule has 3 aliphatic rings. The average Bonchev–Trinajstić information content (AvgIpc) is 3.37. The predicted molar refractivity (Wildman–Crippen MR) is 86.2 cm³/mol. The van der Waals surface area contributed by atoms with Gasteiger partial charge in [-0.25, -0.2) is 0 Å². The monoisotopic (exact) mass is 334 g/mol. The molecule has 1 aromatic heterocycles. The van der Waals surface area contributed by atoms with E-state index in [4.69, 9.17) is 9.47 Å². The molecule has 1 saturated carbocycles. The van der Waals surface area contributed by atoms with Crippen LogP contribution in [0.5, 0.6) is 0 Å². The van der Waals surface area contributed by atoms with Gasteiger partial charge in [-0.3, -0.25) is 9.48 Å². The van der Waals surface area contributed by atoms with Crippen molar-refractivity contribution >= 4 is 5.91 Å². The first kappa shape index (κ1) is 16.0. The zero-order valence-corrected chi connectivity index (χ0v) is 14.3. The number of hydrogen-bond acceptors (Lipinski definition) is 5. The quantitative estimate of drug-likeness (QED) is 0.806. The molecule has 4 rings (SSSR count). The first-order valence-electron chi connectivity index (χ1n) is 9.08. The number of carbonyl (C=O) groups excluding carboxylic acids is 1. The van der Waals surface area contributed by atoms with Gasteiger partial charge in [0.25, 0.3) is 0 Å². The maximum absolute atomic E-state index is 13.0. The van der Waals surface area contributed by atoms with E-state index in [9.17, 15) is 4.79 Å². The zero-order chi connectivity index (χ0) is 16.5. The van der Waals surface area contributed by atoms with Crippen LogP contribution in [0.1, 0.15) is 43.1 Å². The summed E-state index contributed by atoms with van der Waals surface area (Å²) in [6.07, 6.45) is 4.99. The number of aromatic nitrogens is 3. The van der Waals surface area contributed by atoms with Crippen LogP contribution in [0.25, 0.3) is 0 Å². The second-order valence-electron chi connectivity index (χ2n) is 7.21. The summed E-state index contributed by atoms with van der Waals surface area (Å²) in [6.45, 7) is 3.41. The van der Waals surface area contributed by atoms with Crippen LogP contribution in [0.3, 0.4) is 0 Å². The maximum Gasteiger partial charge on any atom is 0.226 e. The van der Waals surface area contributed by atoms with Gasteiger partial charge in [0.05, 0.1) is 12.3 Å². The molecule has 3 heterocycles. The minimum Gasteiger partial charge on any atom is -0.381 e. The van der Waals surface area contributed by atoms with Crippen LogP contribution in [0.15, 0.2) is 0 Å². The zero-order valence-electron chi connectivity index (χ0n) is 14.3. The van der Waals surface area contributed by atoms with Crippen LogP contribution in [0, 0.1) is 11.8 Å². The van der Waals surface area contributed by atoms with E-state index in [2.05, 4.69) is 10.3 Å². The minimum absolute atomic E-state index is 0.0721. The number of amides is 1. The van der Waals surface area contributed by atoms with Crippen molar-refractivity contribution in [1.82, 2.24) is 19.9 Å². The van der Waals surface area contributed by atoms with Crippen molar-refractivity contribution in [2.24, 2.45) is 18.9 Å². The topological polar surface area (TPSA) is 69.5 Å². The second kappa shape index (κ2) is 6.80. The Kier molecular flexibility index (Phi) is 4.54. The van der Waals surface area contributed by atoms with Gasteiger partial charge in [0.2, 0.25) is 5.91 Å². The molecule has 1 aromatic rings. The van der Waals surface area contributed by atoms with Gasteiger partial charge in [0.1, 0.15) is 11.7 Å². The summed E-state index contributed by atoms with van der Waals surface area (Å²) in [4.78, 5) is 15.0. The number of nitrogens with zero attached hydrogens (tertiary/aromatic N) is 4. The molecule has 24 heavy (non-hydrogen) atoms. The van der Waals surface area contributed by atoms with Crippen LogP contribution in [-0.2, 0) is 27.7 Å². The Bertz CT molecular complexity index is 593. The summed E-state index contributed by atoms with van der Waals surface area (Å²) < 4.78 is 13.2. The third-order valence-electron chi connectivity index (χ3n) is 5.43. The Morgan fingerprint density at radius 3 is 2.79 bits per heavy atom. The van der Waals surface area contributed by atoms with Crippen molar-refractivity contribution in [2.45, 2.75) is 38.1 Å². The molecule has 1 saturated heterocycles. The second-order valence-corrected chi connectivity index (χ2v) is 7.21. The molecular weight excluding hydrogens is 308 g/mol. The van der Waals surface area contributed by atoms with Crippen LogP contribution >= 0.6 is 0 Å². The number of fused-ring (bicyclic) bond motifs is 1. The van der Waals surface area contributed by atoms with Gasteiger partial charge in [0.15, 0.2) is 0 Å². The fourth-order valence-electron chi connectivity index (χ4n) is 3.71. The van der Waals surface area contributed by atoms with Gasteiger partial charge in [-0.15, -0.1) is 5.10 Å². The van der Waals surface area contributed by atoms with Gasteiger partial charge < -0.3 is 14.4 Å². The summed E-state index contributed by atoms with van der Waals surface area (Å²) >= 11 is 0. The normalized spacial score (nSPS) is 24.9. The number of aryl methyl sites for hydroxylation is 1. The lowest BCUT2D eigenvalue weighted by atomic mass is 9.95. The summed E-state index contributed by atoms with van der Waals surface area (Å²) in [6, 6.07) is -0.100. The molecule has 0 bridgehead atoms. The van der Waals surface area contributed by atoms with E-state index >= 15 is 0 Å². The molecule has 7 nitrogen and oxygen atoms in total. The standard InChI is InChI=1S/C17H26N4O3/c1-20-14-4-7-21(17(22)13-5-8-23-9-6-13)15(16(14)18-19-20)11-24-10-12-2-3-12/h12-13,15H,2-11H2,1H3/t15-/m1/s1. The number of carbonyl (C=O) groups is 1. The van der Waals surface area contributed by atoms with Gasteiger partial charge in [0, 0.05) is 45.8 Å². The molecule has 7 heteroatoms. The molecule has 0 N–H and O–H groups in total. The van der Waals surface area contributed by atoms with Crippen LogP contribution in [-0.4, -0.2) is 58.8 Å². The highest BCUT2D eigenvalue weighted by molar-refractivity contribution is 5.79. The predicted octanol–water partition coefficient (Wildman–Crippen LogP) is 1.09. The molecular formula is C17H26N4O3. The number of rotatable bonds is 5. The van der Waals surface area contributed by atoms with Crippen LogP contribution in [0.4, 0.5) is 0 Å². The van der Waals surface area contributed by atoms with Gasteiger partial charge in [-0.2, -0.15) is 0 Å². The van der Waals surface area contributed by atoms with E-state index in [1.165, 1.54) is 12.8 Å². The summed E-state index contributed by atoms with van der Waals surface area (Å²) in [5.41, 5.74) is 2.05. The Hall–Kier alpha value is -1.47. The number of ether oxygens (including phenoxy) is 2. The molecule has 132 valence electrons. The third-order valence-corrected chi connectivity index (χ3v) is 5.43. The molecule has 0 spiro atoms. The molecule has 0 unspecified atom stereocenters. The largest absolute Gasteiger partial charge is 0.381 e. The van der Waals surface area contributed by atoms with Gasteiger partial charge >= 0.3 is 0 Å². The van der Waals surface area contributed by atoms with Crippen molar-refractivity contribution in [3.05, 3.63) is 11.4 Å². The minimum atomic E-state index is -0.100. The summed E-state index contributed by atoms with van der Waals surface area (Å²) in [7, 11) is 1.92. The Morgan fingerprint density at radius 1 is 1.25 bits per heavy atom. The SMILES string of the molecule is Cn1nnc2c1CCN(C(=O)C1CCOCC1)[C@@H]2COCC1CC1. The Balaban J connectivity index is 1.50. The molecule has 1 atom stereocenters. The first-order valence-corrected chi connectivity index (χ1v) is 9.08. The molecule has 1 amide bonds. The van der Waals surface area contributed by atoms with Crippen molar-refractivity contribution in [3.63, 3.8) is 0 Å². The summed E-state index contributed by atoms with van der Waals surface area (Å²) in [5, 5.41) is 8.51. The fraction of sp³-hybridized carbons (Fsp3) is 0.824. The third kappa shape index (κ3) is 3.19. The highest BCUT2D eigenvalue weighted by Crippen LogP contribution is 2.33. The van der Waals surface area contributed by atoms with Crippen LogP contribution in [0.2, 0.25) is 0 Å². The smallest absolute Gasteiger partial charge is 0.226 e. The highest BCUT2D eigenvalue weighted by atomic mass is 16.5. The van der Waals surface area contributed by atoms with E-state index < -0.39 is 0 Å². The van der Waals surface area contributed by atoms with E-state index in [1.54, 1.807) is 0 Å². The van der Waals surface area contributed by atoms with Gasteiger partial charge in [-0.05, 0) is 31.6 Å². The first-order chi connectivity index (χ1) is 11.7. The average molecular weight is 334 g/mol. The molecule has 0 aromatic carbocycles. The van der Waals surface area contributed by atoms with Crippen molar-refractivity contribution in [1.29, 1.82) is 0 Å². The van der Waals surface area contributed by atoms with E-state index in [0.717, 1.165) is 49.7 Å². The number of hydrogen-bond donors (Lipinski definition) is 0. The van der Waals surface area contributed by atoms with Crippen molar-refractivity contribution in [2.75, 3.05) is 33.0 Å². The van der Waals surface area contributed by atoms with Crippen molar-refractivity contribution < 1.29 is 14.3 Å². The van der Waals surface area contributed by atoms with Crippen LogP contribution < -0.4 is 0 Å². The highest BCUT2D eigenvalue weighted by Gasteiger charge is 2.38. The van der Waals surface area contributed by atoms with Crippen molar-refractivity contribution in [3.8, 4) is 0 Å². The molecule has 1 aliphatic carbocycles. The summed E-state index contributed by atoms with van der Waals surface area (Å²) in [5.74, 6) is 1.02. The molecule has 0 radical (unpaired) electrons. The van der Waals surface area contributed by atoms with E-state index in [1.807, 2.05) is 16.6 Å². The molecule has 2 fully saturated rings.